The zero-order valence-corrected chi connectivity index (χ0v) is 11.4. The lowest BCUT2D eigenvalue weighted by molar-refractivity contribution is 0.459. The van der Waals surface area contributed by atoms with E-state index in [1.165, 1.54) is 0 Å². The quantitative estimate of drug-likeness (QED) is 0.782. The SMILES string of the molecule is CC(C)NCc1nnc(-c2ccc3nccnc3c2)o1. The maximum atomic E-state index is 5.64. The number of aromatic nitrogens is 4. The lowest BCUT2D eigenvalue weighted by atomic mass is 10.2. The van der Waals surface area contributed by atoms with Gasteiger partial charge in [-0.05, 0) is 18.2 Å². The van der Waals surface area contributed by atoms with Crippen LogP contribution in [0.15, 0.2) is 35.0 Å². The molecule has 0 aliphatic heterocycles. The van der Waals surface area contributed by atoms with Crippen LogP contribution < -0.4 is 5.32 Å². The van der Waals surface area contributed by atoms with E-state index in [0.717, 1.165) is 16.6 Å². The van der Waals surface area contributed by atoms with Crippen molar-refractivity contribution >= 4 is 11.0 Å². The third kappa shape index (κ3) is 2.65. The van der Waals surface area contributed by atoms with E-state index in [4.69, 9.17) is 4.42 Å². The fourth-order valence-corrected chi connectivity index (χ4v) is 1.83. The van der Waals surface area contributed by atoms with E-state index in [9.17, 15) is 0 Å². The second kappa shape index (κ2) is 5.34. The summed E-state index contributed by atoms with van der Waals surface area (Å²) in [7, 11) is 0. The molecule has 0 bridgehead atoms. The Balaban J connectivity index is 1.87. The zero-order chi connectivity index (χ0) is 13.9. The molecule has 0 radical (unpaired) electrons. The van der Waals surface area contributed by atoms with Crippen molar-refractivity contribution in [3.63, 3.8) is 0 Å². The van der Waals surface area contributed by atoms with Gasteiger partial charge in [0.15, 0.2) is 0 Å². The van der Waals surface area contributed by atoms with Crippen molar-refractivity contribution < 1.29 is 4.42 Å². The Hall–Kier alpha value is -2.34. The number of hydrogen-bond donors (Lipinski definition) is 1. The molecule has 1 aromatic carbocycles. The summed E-state index contributed by atoms with van der Waals surface area (Å²) in [6, 6.07) is 6.08. The van der Waals surface area contributed by atoms with E-state index < -0.39 is 0 Å². The minimum absolute atomic E-state index is 0.376. The molecule has 20 heavy (non-hydrogen) atoms. The zero-order valence-electron chi connectivity index (χ0n) is 11.4. The van der Waals surface area contributed by atoms with Crippen LogP contribution in [0, 0.1) is 0 Å². The van der Waals surface area contributed by atoms with Gasteiger partial charge in [-0.1, -0.05) is 13.8 Å². The Morgan fingerprint density at radius 3 is 2.70 bits per heavy atom. The summed E-state index contributed by atoms with van der Waals surface area (Å²) >= 11 is 0. The average molecular weight is 269 g/mol. The maximum absolute atomic E-state index is 5.64. The highest BCUT2D eigenvalue weighted by Crippen LogP contribution is 2.21. The largest absolute Gasteiger partial charge is 0.419 e. The molecular weight excluding hydrogens is 254 g/mol. The molecule has 0 aliphatic rings. The molecule has 0 atom stereocenters. The molecule has 0 spiro atoms. The molecule has 102 valence electrons. The summed E-state index contributed by atoms with van der Waals surface area (Å²) in [6.07, 6.45) is 3.34. The van der Waals surface area contributed by atoms with Gasteiger partial charge in [0.2, 0.25) is 11.8 Å². The fourth-order valence-electron chi connectivity index (χ4n) is 1.83. The Kier molecular flexibility index (Phi) is 3.39. The van der Waals surface area contributed by atoms with E-state index in [0.29, 0.717) is 24.4 Å². The minimum Gasteiger partial charge on any atom is -0.419 e. The Morgan fingerprint density at radius 1 is 1.10 bits per heavy atom. The number of nitrogens with zero attached hydrogens (tertiary/aromatic N) is 4. The van der Waals surface area contributed by atoms with Crippen LogP contribution in [0.2, 0.25) is 0 Å². The van der Waals surface area contributed by atoms with Gasteiger partial charge in [0.05, 0.1) is 17.6 Å². The van der Waals surface area contributed by atoms with Crippen molar-refractivity contribution in [3.8, 4) is 11.5 Å². The number of fused-ring (bicyclic) bond motifs is 1. The van der Waals surface area contributed by atoms with Gasteiger partial charge in [-0.15, -0.1) is 10.2 Å². The van der Waals surface area contributed by atoms with Crippen molar-refractivity contribution in [1.82, 2.24) is 25.5 Å². The van der Waals surface area contributed by atoms with Gasteiger partial charge in [0, 0.05) is 24.0 Å². The lowest BCUT2D eigenvalue weighted by Gasteiger charge is -2.03. The first-order chi connectivity index (χ1) is 9.72. The topological polar surface area (TPSA) is 76.7 Å². The fraction of sp³-hybridized carbons (Fsp3) is 0.286. The maximum Gasteiger partial charge on any atom is 0.247 e. The Morgan fingerprint density at radius 2 is 1.90 bits per heavy atom. The van der Waals surface area contributed by atoms with Gasteiger partial charge in [-0.3, -0.25) is 9.97 Å². The molecular formula is C14H15N5O. The molecule has 1 N–H and O–H groups in total. The number of rotatable bonds is 4. The molecule has 0 aliphatic carbocycles. The van der Waals surface area contributed by atoms with Crippen molar-refractivity contribution in [3.05, 3.63) is 36.5 Å². The highest BCUT2D eigenvalue weighted by atomic mass is 16.4. The third-order valence-electron chi connectivity index (χ3n) is 2.84. The van der Waals surface area contributed by atoms with Crippen molar-refractivity contribution in [2.75, 3.05) is 0 Å². The third-order valence-corrected chi connectivity index (χ3v) is 2.84. The monoisotopic (exact) mass is 269 g/mol. The summed E-state index contributed by atoms with van der Waals surface area (Å²) in [5.41, 5.74) is 2.50. The molecule has 2 heterocycles. The molecule has 0 saturated heterocycles. The van der Waals surface area contributed by atoms with Gasteiger partial charge in [0.25, 0.3) is 0 Å². The van der Waals surface area contributed by atoms with E-state index in [1.807, 2.05) is 18.2 Å². The molecule has 0 fully saturated rings. The number of nitrogens with one attached hydrogen (secondary N) is 1. The Bertz CT molecular complexity index is 722. The molecule has 3 rings (SSSR count). The summed E-state index contributed by atoms with van der Waals surface area (Å²) in [4.78, 5) is 8.50. The predicted octanol–water partition coefficient (Wildman–Crippen LogP) is 2.18. The van der Waals surface area contributed by atoms with Crippen LogP contribution in [-0.2, 0) is 6.54 Å². The molecule has 6 nitrogen and oxygen atoms in total. The van der Waals surface area contributed by atoms with Crippen LogP contribution in [0.4, 0.5) is 0 Å². The molecule has 0 unspecified atom stereocenters. The molecule has 6 heteroatoms. The smallest absolute Gasteiger partial charge is 0.247 e. The molecule has 3 aromatic rings. The predicted molar refractivity (Wildman–Crippen MR) is 74.8 cm³/mol. The van der Waals surface area contributed by atoms with Crippen LogP contribution in [-0.4, -0.2) is 26.2 Å². The van der Waals surface area contributed by atoms with Crippen molar-refractivity contribution in [2.24, 2.45) is 0 Å². The second-order valence-corrected chi connectivity index (χ2v) is 4.80. The van der Waals surface area contributed by atoms with E-state index >= 15 is 0 Å². The normalized spacial score (nSPS) is 11.3. The summed E-state index contributed by atoms with van der Waals surface area (Å²) < 4.78 is 5.64. The van der Waals surface area contributed by atoms with Gasteiger partial charge >= 0.3 is 0 Å². The van der Waals surface area contributed by atoms with Crippen molar-refractivity contribution in [2.45, 2.75) is 26.4 Å². The number of benzene rings is 1. The summed E-state index contributed by atoms with van der Waals surface area (Å²) in [5.74, 6) is 1.08. The van der Waals surface area contributed by atoms with Crippen LogP contribution in [0.3, 0.4) is 0 Å². The Labute approximate surface area is 116 Å². The highest BCUT2D eigenvalue weighted by molar-refractivity contribution is 5.78. The molecule has 0 amide bonds. The van der Waals surface area contributed by atoms with Crippen LogP contribution in [0.5, 0.6) is 0 Å². The van der Waals surface area contributed by atoms with Gasteiger partial charge in [0.1, 0.15) is 0 Å². The number of hydrogen-bond acceptors (Lipinski definition) is 6. The van der Waals surface area contributed by atoms with E-state index in [1.54, 1.807) is 12.4 Å². The van der Waals surface area contributed by atoms with Crippen LogP contribution >= 0.6 is 0 Å². The summed E-state index contributed by atoms with van der Waals surface area (Å²) in [6.45, 7) is 4.70. The van der Waals surface area contributed by atoms with Gasteiger partial charge in [-0.25, -0.2) is 0 Å². The van der Waals surface area contributed by atoms with E-state index in [2.05, 4.69) is 39.3 Å². The standard InChI is InChI=1S/C14H15N5O/c1-9(2)17-8-13-18-19-14(20-13)10-3-4-11-12(7-10)16-6-5-15-11/h3-7,9,17H,8H2,1-2H3. The summed E-state index contributed by atoms with van der Waals surface area (Å²) in [5, 5.41) is 11.3. The minimum atomic E-state index is 0.376. The first-order valence-corrected chi connectivity index (χ1v) is 6.49. The van der Waals surface area contributed by atoms with Crippen molar-refractivity contribution in [1.29, 1.82) is 0 Å². The first-order valence-electron chi connectivity index (χ1n) is 6.49. The highest BCUT2D eigenvalue weighted by Gasteiger charge is 2.09. The van der Waals surface area contributed by atoms with Gasteiger partial charge in [-0.2, -0.15) is 0 Å². The molecule has 2 aromatic heterocycles. The lowest BCUT2D eigenvalue weighted by Crippen LogP contribution is -2.21. The van der Waals surface area contributed by atoms with Crippen LogP contribution in [0.1, 0.15) is 19.7 Å². The first kappa shape index (κ1) is 12.7. The average Bonchev–Trinajstić information content (AvgIpc) is 2.93. The second-order valence-electron chi connectivity index (χ2n) is 4.80. The molecule has 0 saturated carbocycles. The van der Waals surface area contributed by atoms with Gasteiger partial charge < -0.3 is 9.73 Å². The van der Waals surface area contributed by atoms with Crippen LogP contribution in [0.25, 0.3) is 22.5 Å². The van der Waals surface area contributed by atoms with E-state index in [-0.39, 0.29) is 0 Å².